The largest absolute Gasteiger partial charge is 0.389 e. The Bertz CT molecular complexity index is 1090. The van der Waals surface area contributed by atoms with Crippen molar-refractivity contribution in [2.24, 2.45) is 5.73 Å². The number of anilines is 3. The summed E-state index contributed by atoms with van der Waals surface area (Å²) in [6, 6.07) is 4.92. The maximum atomic E-state index is 14.1. The lowest BCUT2D eigenvalue weighted by atomic mass is 10.1. The summed E-state index contributed by atoms with van der Waals surface area (Å²) in [6.45, 7) is 1.50. The van der Waals surface area contributed by atoms with Crippen LogP contribution < -0.4 is 21.7 Å². The van der Waals surface area contributed by atoms with E-state index in [1.54, 1.807) is 12.4 Å². The van der Waals surface area contributed by atoms with Gasteiger partial charge in [-0.25, -0.2) is 13.8 Å². The highest BCUT2D eigenvalue weighted by Gasteiger charge is 2.23. The molecule has 1 amide bonds. The van der Waals surface area contributed by atoms with Crippen molar-refractivity contribution in [1.29, 1.82) is 0 Å². The van der Waals surface area contributed by atoms with Gasteiger partial charge in [-0.15, -0.1) is 0 Å². The summed E-state index contributed by atoms with van der Waals surface area (Å²) in [5, 5.41) is 3.02. The molecule has 0 bridgehead atoms. The van der Waals surface area contributed by atoms with Crippen molar-refractivity contribution in [3.63, 3.8) is 0 Å². The molecule has 3 heterocycles. The minimum Gasteiger partial charge on any atom is -0.389 e. The number of halogens is 2. The SMILES string of the molecule is Nc1sc(-c2cc(F)ccc2F)nc1C(=O)Nc1cnccc1N1CCC[C@H](N)C1. The number of hydrogen-bond donors (Lipinski definition) is 3. The Morgan fingerprint density at radius 3 is 2.93 bits per heavy atom. The number of carbonyl (C=O) groups is 1. The number of nitrogen functional groups attached to an aromatic ring is 1. The molecule has 30 heavy (non-hydrogen) atoms. The molecule has 0 saturated carbocycles. The van der Waals surface area contributed by atoms with E-state index in [0.29, 0.717) is 12.2 Å². The maximum Gasteiger partial charge on any atom is 0.277 e. The van der Waals surface area contributed by atoms with Crippen LogP contribution in [0.5, 0.6) is 0 Å². The van der Waals surface area contributed by atoms with Gasteiger partial charge in [-0.2, -0.15) is 0 Å². The molecule has 1 aliphatic rings. The van der Waals surface area contributed by atoms with Crippen molar-refractivity contribution < 1.29 is 13.6 Å². The van der Waals surface area contributed by atoms with Crippen molar-refractivity contribution in [1.82, 2.24) is 9.97 Å². The molecule has 0 radical (unpaired) electrons. The van der Waals surface area contributed by atoms with E-state index in [1.165, 1.54) is 0 Å². The first-order valence-corrected chi connectivity index (χ1v) is 10.2. The molecule has 1 atom stereocenters. The predicted octanol–water partition coefficient (Wildman–Crippen LogP) is 3.25. The summed E-state index contributed by atoms with van der Waals surface area (Å²) in [7, 11) is 0. The first kappa shape index (κ1) is 20.2. The third-order valence-electron chi connectivity index (χ3n) is 4.87. The molecule has 1 aromatic carbocycles. The first-order chi connectivity index (χ1) is 14.4. The Morgan fingerprint density at radius 1 is 1.30 bits per heavy atom. The number of aromatic nitrogens is 2. The Morgan fingerprint density at radius 2 is 2.13 bits per heavy atom. The number of pyridine rings is 1. The maximum absolute atomic E-state index is 14.1. The second-order valence-corrected chi connectivity index (χ2v) is 8.08. The van der Waals surface area contributed by atoms with E-state index < -0.39 is 17.5 Å². The van der Waals surface area contributed by atoms with Crippen molar-refractivity contribution in [2.75, 3.05) is 29.0 Å². The normalized spacial score (nSPS) is 16.5. The highest BCUT2D eigenvalue weighted by molar-refractivity contribution is 7.19. The van der Waals surface area contributed by atoms with Crippen LogP contribution in [0.15, 0.2) is 36.7 Å². The van der Waals surface area contributed by atoms with Crippen LogP contribution in [0, 0.1) is 11.6 Å². The average Bonchev–Trinajstić information content (AvgIpc) is 3.12. The molecule has 4 rings (SSSR count). The van der Waals surface area contributed by atoms with E-state index in [4.69, 9.17) is 11.5 Å². The molecule has 5 N–H and O–H groups in total. The molecule has 156 valence electrons. The molecule has 2 aromatic heterocycles. The van der Waals surface area contributed by atoms with Gasteiger partial charge in [0.15, 0.2) is 5.69 Å². The number of nitrogens with one attached hydrogen (secondary N) is 1. The number of amides is 1. The Labute approximate surface area is 175 Å². The molecule has 0 aliphatic carbocycles. The number of rotatable bonds is 4. The van der Waals surface area contributed by atoms with Crippen molar-refractivity contribution >= 4 is 33.6 Å². The number of hydrogen-bond acceptors (Lipinski definition) is 7. The van der Waals surface area contributed by atoms with Gasteiger partial charge in [-0.05, 0) is 37.1 Å². The second-order valence-electron chi connectivity index (χ2n) is 7.05. The molecule has 7 nitrogen and oxygen atoms in total. The fourth-order valence-corrected chi connectivity index (χ4v) is 4.29. The van der Waals surface area contributed by atoms with Crippen LogP contribution in [0.3, 0.4) is 0 Å². The van der Waals surface area contributed by atoms with E-state index in [2.05, 4.69) is 20.2 Å². The van der Waals surface area contributed by atoms with Crippen LogP contribution in [0.1, 0.15) is 23.3 Å². The lowest BCUT2D eigenvalue weighted by Gasteiger charge is -2.33. The van der Waals surface area contributed by atoms with Crippen molar-refractivity contribution in [3.05, 3.63) is 54.0 Å². The first-order valence-electron chi connectivity index (χ1n) is 9.40. The van der Waals surface area contributed by atoms with Crippen molar-refractivity contribution in [2.45, 2.75) is 18.9 Å². The third-order valence-corrected chi connectivity index (χ3v) is 5.79. The van der Waals surface area contributed by atoms with Gasteiger partial charge in [0.1, 0.15) is 21.6 Å². The summed E-state index contributed by atoms with van der Waals surface area (Å²) in [5.74, 6) is -1.80. The summed E-state index contributed by atoms with van der Waals surface area (Å²) in [4.78, 5) is 23.2. The van der Waals surface area contributed by atoms with Crippen LogP contribution >= 0.6 is 11.3 Å². The Hall–Kier alpha value is -3.11. The van der Waals surface area contributed by atoms with Crippen LogP contribution in [0.25, 0.3) is 10.6 Å². The highest BCUT2D eigenvalue weighted by atomic mass is 32.1. The Kier molecular flexibility index (Phi) is 5.60. The molecule has 0 spiro atoms. The molecule has 1 saturated heterocycles. The van der Waals surface area contributed by atoms with Crippen LogP contribution in [-0.4, -0.2) is 35.0 Å². The van der Waals surface area contributed by atoms with Gasteiger partial charge < -0.3 is 21.7 Å². The number of nitrogens with zero attached hydrogens (tertiary/aromatic N) is 3. The van der Waals surface area contributed by atoms with Crippen LogP contribution in [-0.2, 0) is 0 Å². The lowest BCUT2D eigenvalue weighted by Crippen LogP contribution is -2.43. The second kappa shape index (κ2) is 8.33. The fraction of sp³-hybridized carbons (Fsp3) is 0.250. The van der Waals surface area contributed by atoms with Gasteiger partial charge in [0.2, 0.25) is 0 Å². The third kappa shape index (κ3) is 4.10. The molecule has 1 fully saturated rings. The molecule has 10 heteroatoms. The number of benzene rings is 1. The van der Waals surface area contributed by atoms with Gasteiger partial charge in [0.05, 0.1) is 17.6 Å². The quantitative estimate of drug-likeness (QED) is 0.586. The Balaban J connectivity index is 1.60. The van der Waals surface area contributed by atoms with Gasteiger partial charge in [-0.1, -0.05) is 11.3 Å². The topological polar surface area (TPSA) is 110 Å². The van der Waals surface area contributed by atoms with Crippen molar-refractivity contribution in [3.8, 4) is 10.6 Å². The zero-order valence-corrected chi connectivity index (χ0v) is 16.8. The number of carbonyl (C=O) groups excluding carboxylic acids is 1. The lowest BCUT2D eigenvalue weighted by molar-refractivity contribution is 0.102. The minimum atomic E-state index is -0.645. The number of nitrogens with two attached hydrogens (primary N) is 2. The van der Waals surface area contributed by atoms with Gasteiger partial charge in [0, 0.05) is 30.9 Å². The standard InChI is InChI=1S/C20H20F2N6OS/c21-11-3-4-14(22)13(8-11)20-27-17(18(24)30-20)19(29)26-15-9-25-6-5-16(15)28-7-1-2-12(23)10-28/h3-6,8-9,12H,1-2,7,10,23-24H2,(H,26,29)/t12-/m0/s1. The zero-order valence-electron chi connectivity index (χ0n) is 15.9. The number of thiazole rings is 1. The average molecular weight is 430 g/mol. The van der Waals surface area contributed by atoms with Crippen LogP contribution in [0.4, 0.5) is 25.2 Å². The molecular formula is C20H20F2N6OS. The molecule has 3 aromatic rings. The summed E-state index contributed by atoms with van der Waals surface area (Å²) < 4.78 is 27.6. The van der Waals surface area contributed by atoms with E-state index in [1.807, 2.05) is 6.07 Å². The van der Waals surface area contributed by atoms with Gasteiger partial charge in [0.25, 0.3) is 5.91 Å². The summed E-state index contributed by atoms with van der Waals surface area (Å²) in [5.41, 5.74) is 13.2. The molecular weight excluding hydrogens is 410 g/mol. The van der Waals surface area contributed by atoms with Crippen LogP contribution in [0.2, 0.25) is 0 Å². The minimum absolute atomic E-state index is 0.0462. The molecule has 0 unspecified atom stereocenters. The van der Waals surface area contributed by atoms with Gasteiger partial charge >= 0.3 is 0 Å². The zero-order chi connectivity index (χ0) is 21.3. The smallest absolute Gasteiger partial charge is 0.277 e. The van der Waals surface area contributed by atoms with E-state index in [9.17, 15) is 13.6 Å². The summed E-state index contributed by atoms with van der Waals surface area (Å²) >= 11 is 0.918. The van der Waals surface area contributed by atoms with E-state index >= 15 is 0 Å². The van der Waals surface area contributed by atoms with E-state index in [0.717, 1.165) is 54.6 Å². The van der Waals surface area contributed by atoms with Gasteiger partial charge in [-0.3, -0.25) is 9.78 Å². The summed E-state index contributed by atoms with van der Waals surface area (Å²) in [6.07, 6.45) is 5.10. The monoisotopic (exact) mass is 430 g/mol. The van der Waals surface area contributed by atoms with E-state index in [-0.39, 0.29) is 27.3 Å². The fourth-order valence-electron chi connectivity index (χ4n) is 3.44. The molecule has 1 aliphatic heterocycles. The highest BCUT2D eigenvalue weighted by Crippen LogP contribution is 2.33. The predicted molar refractivity (Wildman–Crippen MR) is 113 cm³/mol. The number of piperidine rings is 1.